The van der Waals surface area contributed by atoms with Crippen molar-refractivity contribution in [2.24, 2.45) is 5.41 Å². The van der Waals surface area contributed by atoms with Crippen molar-refractivity contribution < 1.29 is 9.13 Å². The van der Waals surface area contributed by atoms with Gasteiger partial charge in [0, 0.05) is 16.4 Å². The predicted molar refractivity (Wildman–Crippen MR) is 103 cm³/mol. The van der Waals surface area contributed by atoms with Crippen LogP contribution in [0.1, 0.15) is 37.8 Å². The number of hydrogen-bond donors (Lipinski definition) is 0. The van der Waals surface area contributed by atoms with Gasteiger partial charge in [0.05, 0.1) is 7.11 Å². The van der Waals surface area contributed by atoms with Gasteiger partial charge in [0.25, 0.3) is 0 Å². The molecule has 1 unspecified atom stereocenters. The van der Waals surface area contributed by atoms with Crippen LogP contribution in [-0.4, -0.2) is 7.11 Å². The van der Waals surface area contributed by atoms with Crippen molar-refractivity contribution in [3.63, 3.8) is 0 Å². The molecule has 0 N–H and O–H groups in total. The Bertz CT molecular complexity index is 949. The largest absolute Gasteiger partial charge is 0.497 e. The van der Waals surface area contributed by atoms with Crippen molar-refractivity contribution in [3.05, 3.63) is 64.8 Å². The Kier molecular flexibility index (Phi) is 3.73. The summed E-state index contributed by atoms with van der Waals surface area (Å²) in [4.78, 5) is 1.20. The molecule has 1 heterocycles. The first-order valence-corrected chi connectivity index (χ1v) is 9.33. The third-order valence-corrected chi connectivity index (χ3v) is 5.91. The van der Waals surface area contributed by atoms with E-state index in [-0.39, 0.29) is 17.2 Å². The van der Waals surface area contributed by atoms with Gasteiger partial charge in [0.15, 0.2) is 0 Å². The zero-order valence-corrected chi connectivity index (χ0v) is 15.7. The van der Waals surface area contributed by atoms with Gasteiger partial charge in [-0.1, -0.05) is 26.8 Å². The number of thiophene rings is 1. The fraction of sp³-hybridized carbons (Fsp3) is 0.273. The molecule has 25 heavy (non-hydrogen) atoms. The second-order valence-electron chi connectivity index (χ2n) is 7.65. The lowest BCUT2D eigenvalue weighted by molar-refractivity contribution is 0.357. The standard InChI is InChI=1S/C22H21FOS/c1-22(2,3)20-15-7-5-13(23)11-18(15)17-9-10-25-21(17)16-8-6-14(24-4)12-19(16)20/h5-12,20H,1-4H3. The van der Waals surface area contributed by atoms with Crippen molar-refractivity contribution >= 4 is 11.3 Å². The monoisotopic (exact) mass is 352 g/mol. The van der Waals surface area contributed by atoms with Gasteiger partial charge < -0.3 is 4.74 Å². The van der Waals surface area contributed by atoms with Gasteiger partial charge in [-0.15, -0.1) is 11.3 Å². The first kappa shape index (κ1) is 16.3. The first-order valence-electron chi connectivity index (χ1n) is 8.46. The van der Waals surface area contributed by atoms with Gasteiger partial charge >= 0.3 is 0 Å². The lowest BCUT2D eigenvalue weighted by Gasteiger charge is -2.33. The first-order chi connectivity index (χ1) is 11.9. The molecule has 3 heteroatoms. The Morgan fingerprint density at radius 1 is 0.920 bits per heavy atom. The molecule has 0 saturated carbocycles. The number of rotatable bonds is 1. The molecule has 0 spiro atoms. The Balaban J connectivity index is 2.13. The quantitative estimate of drug-likeness (QED) is 0.472. The van der Waals surface area contributed by atoms with E-state index in [1.165, 1.54) is 21.6 Å². The van der Waals surface area contributed by atoms with Crippen LogP contribution in [0.25, 0.3) is 21.6 Å². The van der Waals surface area contributed by atoms with Gasteiger partial charge in [-0.3, -0.25) is 0 Å². The summed E-state index contributed by atoms with van der Waals surface area (Å²) < 4.78 is 19.6. The Labute approximate surface area is 152 Å². The lowest BCUT2D eigenvalue weighted by atomic mass is 9.71. The second kappa shape index (κ2) is 5.70. The predicted octanol–water partition coefficient (Wildman–Crippen LogP) is 6.72. The lowest BCUT2D eigenvalue weighted by Crippen LogP contribution is -2.20. The van der Waals surface area contributed by atoms with E-state index in [4.69, 9.17) is 4.74 Å². The van der Waals surface area contributed by atoms with Gasteiger partial charge in [0.2, 0.25) is 0 Å². The third-order valence-electron chi connectivity index (χ3n) is 4.96. The zero-order valence-electron chi connectivity index (χ0n) is 14.9. The van der Waals surface area contributed by atoms with Crippen LogP contribution in [0.4, 0.5) is 4.39 Å². The summed E-state index contributed by atoms with van der Waals surface area (Å²) in [6.07, 6.45) is 0. The van der Waals surface area contributed by atoms with Gasteiger partial charge in [-0.05, 0) is 69.4 Å². The molecule has 0 fully saturated rings. The minimum atomic E-state index is -0.188. The van der Waals surface area contributed by atoms with Crippen molar-refractivity contribution in [1.82, 2.24) is 0 Å². The van der Waals surface area contributed by atoms with E-state index in [9.17, 15) is 4.39 Å². The molecule has 0 amide bonds. The van der Waals surface area contributed by atoms with Crippen LogP contribution >= 0.6 is 11.3 Å². The number of fused-ring (bicyclic) bond motifs is 5. The summed E-state index contributed by atoms with van der Waals surface area (Å²) in [5.74, 6) is 0.830. The molecular weight excluding hydrogens is 331 g/mol. The summed E-state index contributed by atoms with van der Waals surface area (Å²) in [6, 6.07) is 13.6. The fourth-order valence-corrected chi connectivity index (χ4v) is 4.92. The summed E-state index contributed by atoms with van der Waals surface area (Å²) in [7, 11) is 1.70. The topological polar surface area (TPSA) is 9.23 Å². The Hall–Kier alpha value is -2.13. The second-order valence-corrected chi connectivity index (χ2v) is 8.56. The van der Waals surface area contributed by atoms with Crippen molar-refractivity contribution in [2.45, 2.75) is 26.7 Å². The van der Waals surface area contributed by atoms with E-state index >= 15 is 0 Å². The van der Waals surface area contributed by atoms with Crippen LogP contribution in [0.3, 0.4) is 0 Å². The van der Waals surface area contributed by atoms with Gasteiger partial charge in [0.1, 0.15) is 11.6 Å². The molecule has 1 atom stereocenters. The average Bonchev–Trinajstić information content (AvgIpc) is 3.00. The summed E-state index contributed by atoms with van der Waals surface area (Å²) >= 11 is 1.71. The Morgan fingerprint density at radius 3 is 2.44 bits per heavy atom. The molecular formula is C22H21FOS. The molecule has 2 aromatic carbocycles. The maximum atomic E-state index is 14.1. The normalized spacial score (nSPS) is 15.8. The number of methoxy groups -OCH3 is 1. The molecule has 4 rings (SSSR count). The van der Waals surface area contributed by atoms with Crippen LogP contribution in [-0.2, 0) is 0 Å². The highest BCUT2D eigenvalue weighted by atomic mass is 32.1. The molecule has 128 valence electrons. The molecule has 0 saturated heterocycles. The molecule has 3 aromatic rings. The maximum Gasteiger partial charge on any atom is 0.123 e. The minimum absolute atomic E-state index is 0.0121. The average molecular weight is 352 g/mol. The van der Waals surface area contributed by atoms with Gasteiger partial charge in [-0.25, -0.2) is 4.39 Å². The van der Waals surface area contributed by atoms with E-state index in [2.05, 4.69) is 44.4 Å². The van der Waals surface area contributed by atoms with E-state index in [0.717, 1.165) is 16.9 Å². The van der Waals surface area contributed by atoms with Crippen LogP contribution in [0.15, 0.2) is 47.8 Å². The van der Waals surface area contributed by atoms with E-state index in [1.54, 1.807) is 30.6 Å². The maximum absolute atomic E-state index is 14.1. The SMILES string of the molecule is COc1ccc2c(c1)C(C(C)(C)C)c1ccc(F)cc1-c1ccsc1-2. The summed E-state index contributed by atoms with van der Waals surface area (Å²) in [5.41, 5.74) is 5.77. The molecule has 0 aliphatic heterocycles. The fourth-order valence-electron chi connectivity index (χ4n) is 3.96. The number of benzene rings is 2. The van der Waals surface area contributed by atoms with Gasteiger partial charge in [-0.2, -0.15) is 0 Å². The highest BCUT2D eigenvalue weighted by molar-refractivity contribution is 7.14. The number of ether oxygens (including phenoxy) is 1. The zero-order chi connectivity index (χ0) is 17.8. The van der Waals surface area contributed by atoms with Crippen molar-refractivity contribution in [2.75, 3.05) is 7.11 Å². The molecule has 0 radical (unpaired) electrons. The Morgan fingerprint density at radius 2 is 1.72 bits per heavy atom. The van der Waals surface area contributed by atoms with Crippen LogP contribution in [0.5, 0.6) is 5.75 Å². The molecule has 1 aromatic heterocycles. The smallest absolute Gasteiger partial charge is 0.123 e. The molecule has 0 bridgehead atoms. The highest BCUT2D eigenvalue weighted by Crippen LogP contribution is 2.53. The third kappa shape index (κ3) is 2.58. The molecule has 1 nitrogen and oxygen atoms in total. The molecule has 1 aliphatic rings. The van der Waals surface area contributed by atoms with Crippen molar-refractivity contribution in [3.8, 4) is 27.3 Å². The highest BCUT2D eigenvalue weighted by Gasteiger charge is 2.35. The summed E-state index contributed by atoms with van der Waals surface area (Å²) in [5, 5.41) is 2.09. The number of halogens is 1. The van der Waals surface area contributed by atoms with E-state index < -0.39 is 0 Å². The molecule has 1 aliphatic carbocycles. The van der Waals surface area contributed by atoms with Crippen LogP contribution < -0.4 is 4.74 Å². The van der Waals surface area contributed by atoms with E-state index in [1.807, 2.05) is 12.1 Å². The summed E-state index contributed by atoms with van der Waals surface area (Å²) in [6.45, 7) is 6.73. The van der Waals surface area contributed by atoms with Crippen LogP contribution in [0, 0.1) is 11.2 Å². The minimum Gasteiger partial charge on any atom is -0.497 e. The van der Waals surface area contributed by atoms with Crippen LogP contribution in [0.2, 0.25) is 0 Å². The van der Waals surface area contributed by atoms with Crippen molar-refractivity contribution in [1.29, 1.82) is 0 Å². The number of hydrogen-bond acceptors (Lipinski definition) is 2. The van der Waals surface area contributed by atoms with E-state index in [0.29, 0.717) is 0 Å².